The van der Waals surface area contributed by atoms with Crippen molar-refractivity contribution in [3.63, 3.8) is 0 Å². The number of nitrogens with zero attached hydrogens (tertiary/aromatic N) is 1. The number of hydrogen-bond acceptors (Lipinski definition) is 2. The lowest BCUT2D eigenvalue weighted by molar-refractivity contribution is 0.209. The fourth-order valence-electron chi connectivity index (χ4n) is 2.67. The molecular formula is C15H32N2. The van der Waals surface area contributed by atoms with Gasteiger partial charge in [-0.2, -0.15) is 0 Å². The molecule has 0 aliphatic carbocycles. The van der Waals surface area contributed by atoms with Crippen molar-refractivity contribution in [1.82, 2.24) is 10.2 Å². The zero-order valence-electron chi connectivity index (χ0n) is 12.0. The van der Waals surface area contributed by atoms with Crippen molar-refractivity contribution in [2.75, 3.05) is 26.2 Å². The average molecular weight is 240 g/mol. The lowest BCUT2D eigenvalue weighted by atomic mass is 10.1. The second-order valence-corrected chi connectivity index (χ2v) is 5.63. The molecule has 2 heteroatoms. The highest BCUT2D eigenvalue weighted by molar-refractivity contribution is 4.71. The SMILES string of the molecule is CCCCCCCNC(C)CN1CCCCC1. The summed E-state index contributed by atoms with van der Waals surface area (Å²) in [5.74, 6) is 0. The Morgan fingerprint density at radius 3 is 2.41 bits per heavy atom. The van der Waals surface area contributed by atoms with Crippen LogP contribution in [0.1, 0.15) is 65.2 Å². The smallest absolute Gasteiger partial charge is 0.0166 e. The molecule has 1 aliphatic rings. The molecule has 0 aromatic rings. The molecule has 1 rings (SSSR count). The van der Waals surface area contributed by atoms with Gasteiger partial charge in [0.2, 0.25) is 0 Å². The fourth-order valence-corrected chi connectivity index (χ4v) is 2.67. The van der Waals surface area contributed by atoms with Crippen LogP contribution in [0.4, 0.5) is 0 Å². The van der Waals surface area contributed by atoms with Crippen LogP contribution >= 0.6 is 0 Å². The van der Waals surface area contributed by atoms with Crippen molar-refractivity contribution < 1.29 is 0 Å². The summed E-state index contributed by atoms with van der Waals surface area (Å²) >= 11 is 0. The van der Waals surface area contributed by atoms with Gasteiger partial charge in [0.15, 0.2) is 0 Å². The van der Waals surface area contributed by atoms with Gasteiger partial charge in [-0.25, -0.2) is 0 Å². The average Bonchev–Trinajstić information content (AvgIpc) is 2.35. The number of hydrogen-bond donors (Lipinski definition) is 1. The van der Waals surface area contributed by atoms with E-state index in [-0.39, 0.29) is 0 Å². The van der Waals surface area contributed by atoms with Crippen LogP contribution in [-0.4, -0.2) is 37.1 Å². The van der Waals surface area contributed by atoms with Crippen LogP contribution < -0.4 is 5.32 Å². The molecule has 102 valence electrons. The molecule has 1 unspecified atom stereocenters. The van der Waals surface area contributed by atoms with Gasteiger partial charge in [0.1, 0.15) is 0 Å². The Balaban J connectivity index is 1.91. The molecule has 1 heterocycles. The first-order valence-corrected chi connectivity index (χ1v) is 7.78. The molecule has 0 radical (unpaired) electrons. The van der Waals surface area contributed by atoms with E-state index >= 15 is 0 Å². The summed E-state index contributed by atoms with van der Waals surface area (Å²) in [5.41, 5.74) is 0. The Hall–Kier alpha value is -0.0800. The van der Waals surface area contributed by atoms with E-state index in [1.54, 1.807) is 0 Å². The van der Waals surface area contributed by atoms with Crippen LogP contribution in [0.2, 0.25) is 0 Å². The lowest BCUT2D eigenvalue weighted by Gasteiger charge is -2.29. The molecule has 0 bridgehead atoms. The molecule has 1 aliphatic heterocycles. The molecule has 1 saturated heterocycles. The summed E-state index contributed by atoms with van der Waals surface area (Å²) in [6, 6.07) is 0.666. The molecule has 1 fully saturated rings. The predicted molar refractivity (Wildman–Crippen MR) is 76.5 cm³/mol. The highest BCUT2D eigenvalue weighted by Gasteiger charge is 2.12. The van der Waals surface area contributed by atoms with Crippen molar-refractivity contribution in [1.29, 1.82) is 0 Å². The topological polar surface area (TPSA) is 15.3 Å². The van der Waals surface area contributed by atoms with E-state index in [0.717, 1.165) is 0 Å². The summed E-state index contributed by atoms with van der Waals surface area (Å²) < 4.78 is 0. The van der Waals surface area contributed by atoms with Crippen LogP contribution in [0.25, 0.3) is 0 Å². The maximum Gasteiger partial charge on any atom is 0.0166 e. The maximum absolute atomic E-state index is 3.67. The van der Waals surface area contributed by atoms with Crippen molar-refractivity contribution in [3.05, 3.63) is 0 Å². The van der Waals surface area contributed by atoms with E-state index in [0.29, 0.717) is 6.04 Å². The number of rotatable bonds is 9. The Bertz CT molecular complexity index is 164. The van der Waals surface area contributed by atoms with Crippen molar-refractivity contribution in [2.45, 2.75) is 71.3 Å². The third-order valence-electron chi connectivity index (χ3n) is 3.75. The molecular weight excluding hydrogens is 208 g/mol. The summed E-state index contributed by atoms with van der Waals surface area (Å²) in [5, 5.41) is 3.67. The van der Waals surface area contributed by atoms with Crippen molar-refractivity contribution >= 4 is 0 Å². The van der Waals surface area contributed by atoms with Gasteiger partial charge in [0.25, 0.3) is 0 Å². The van der Waals surface area contributed by atoms with E-state index < -0.39 is 0 Å². The van der Waals surface area contributed by atoms with Gasteiger partial charge in [-0.05, 0) is 45.8 Å². The fraction of sp³-hybridized carbons (Fsp3) is 1.00. The number of unbranched alkanes of at least 4 members (excludes halogenated alkanes) is 4. The highest BCUT2D eigenvalue weighted by atomic mass is 15.1. The molecule has 0 aromatic heterocycles. The standard InChI is InChI=1S/C15H32N2/c1-3-4-5-6-8-11-16-15(2)14-17-12-9-7-10-13-17/h15-16H,3-14H2,1-2H3. The Kier molecular flexibility index (Phi) is 8.72. The van der Waals surface area contributed by atoms with Gasteiger partial charge in [-0.15, -0.1) is 0 Å². The molecule has 0 saturated carbocycles. The third-order valence-corrected chi connectivity index (χ3v) is 3.75. The first kappa shape index (κ1) is 15.0. The van der Waals surface area contributed by atoms with Gasteiger partial charge in [-0.3, -0.25) is 0 Å². The van der Waals surface area contributed by atoms with Gasteiger partial charge < -0.3 is 10.2 Å². The number of piperidine rings is 1. The maximum atomic E-state index is 3.67. The highest BCUT2D eigenvalue weighted by Crippen LogP contribution is 2.08. The largest absolute Gasteiger partial charge is 0.313 e. The summed E-state index contributed by atoms with van der Waals surface area (Å²) in [6.07, 6.45) is 11.2. The molecule has 0 amide bonds. The molecule has 0 spiro atoms. The van der Waals surface area contributed by atoms with Crippen LogP contribution in [0.15, 0.2) is 0 Å². The molecule has 1 N–H and O–H groups in total. The van der Waals surface area contributed by atoms with Gasteiger partial charge in [0.05, 0.1) is 0 Å². The summed E-state index contributed by atoms with van der Waals surface area (Å²) in [4.78, 5) is 2.62. The van der Waals surface area contributed by atoms with Gasteiger partial charge in [0, 0.05) is 12.6 Å². The Morgan fingerprint density at radius 1 is 1.00 bits per heavy atom. The summed E-state index contributed by atoms with van der Waals surface area (Å²) in [7, 11) is 0. The minimum Gasteiger partial charge on any atom is -0.313 e. The van der Waals surface area contributed by atoms with Crippen LogP contribution in [0, 0.1) is 0 Å². The van der Waals surface area contributed by atoms with Crippen LogP contribution in [0.3, 0.4) is 0 Å². The van der Waals surface area contributed by atoms with Gasteiger partial charge >= 0.3 is 0 Å². The van der Waals surface area contributed by atoms with E-state index in [1.807, 2.05) is 0 Å². The zero-order chi connectivity index (χ0) is 12.3. The summed E-state index contributed by atoms with van der Waals surface area (Å²) in [6.45, 7) is 9.71. The van der Waals surface area contributed by atoms with Crippen LogP contribution in [0.5, 0.6) is 0 Å². The van der Waals surface area contributed by atoms with Crippen molar-refractivity contribution in [3.8, 4) is 0 Å². The minimum absolute atomic E-state index is 0.666. The van der Waals surface area contributed by atoms with E-state index in [9.17, 15) is 0 Å². The Labute approximate surface area is 108 Å². The first-order valence-electron chi connectivity index (χ1n) is 7.78. The number of likely N-dealkylation sites (tertiary alicyclic amines) is 1. The van der Waals surface area contributed by atoms with E-state index in [4.69, 9.17) is 0 Å². The first-order chi connectivity index (χ1) is 8.33. The normalized spacial score (nSPS) is 19.4. The lowest BCUT2D eigenvalue weighted by Crippen LogP contribution is -2.41. The zero-order valence-corrected chi connectivity index (χ0v) is 12.0. The van der Waals surface area contributed by atoms with Gasteiger partial charge in [-0.1, -0.05) is 39.0 Å². The second kappa shape index (κ2) is 9.90. The number of nitrogens with one attached hydrogen (secondary N) is 1. The molecule has 0 aromatic carbocycles. The minimum atomic E-state index is 0.666. The molecule has 2 nitrogen and oxygen atoms in total. The van der Waals surface area contributed by atoms with E-state index in [1.165, 1.54) is 77.5 Å². The van der Waals surface area contributed by atoms with E-state index in [2.05, 4.69) is 24.1 Å². The Morgan fingerprint density at radius 2 is 1.71 bits per heavy atom. The van der Waals surface area contributed by atoms with Crippen molar-refractivity contribution in [2.24, 2.45) is 0 Å². The van der Waals surface area contributed by atoms with Crippen LogP contribution in [-0.2, 0) is 0 Å². The quantitative estimate of drug-likeness (QED) is 0.621. The molecule has 1 atom stereocenters. The third kappa shape index (κ3) is 7.77. The second-order valence-electron chi connectivity index (χ2n) is 5.63. The molecule has 17 heavy (non-hydrogen) atoms. The predicted octanol–water partition coefficient (Wildman–Crippen LogP) is 3.42. The monoisotopic (exact) mass is 240 g/mol.